The van der Waals surface area contributed by atoms with E-state index in [1.54, 1.807) is 0 Å². The van der Waals surface area contributed by atoms with Crippen molar-refractivity contribution in [3.8, 4) is 5.75 Å². The largest absolute Gasteiger partial charge is 0.481 e. The smallest absolute Gasteiger partial charge is 0.263 e. The molecule has 1 fully saturated rings. The van der Waals surface area contributed by atoms with Gasteiger partial charge in [-0.3, -0.25) is 4.79 Å². The van der Waals surface area contributed by atoms with Crippen LogP contribution in [0.5, 0.6) is 5.75 Å². The van der Waals surface area contributed by atoms with Crippen LogP contribution in [0.15, 0.2) is 16.6 Å². The Morgan fingerprint density at radius 1 is 1.14 bits per heavy atom. The number of hydrogen-bond donors (Lipinski definition) is 0. The van der Waals surface area contributed by atoms with E-state index in [1.807, 2.05) is 37.8 Å². The lowest BCUT2D eigenvalue weighted by Gasteiger charge is -2.24. The van der Waals surface area contributed by atoms with Crippen LogP contribution in [0.1, 0.15) is 43.7 Å². The normalized spacial score (nSPS) is 17.2. The van der Waals surface area contributed by atoms with Crippen LogP contribution in [-0.4, -0.2) is 30.0 Å². The fourth-order valence-electron chi connectivity index (χ4n) is 2.78. The summed E-state index contributed by atoms with van der Waals surface area (Å²) in [5.41, 5.74) is 2.25. The predicted octanol–water partition coefficient (Wildman–Crippen LogP) is 4.24. The molecule has 116 valence electrons. The average Bonchev–Trinajstić information content (AvgIpc) is 2.72. The van der Waals surface area contributed by atoms with Gasteiger partial charge in [0.25, 0.3) is 5.91 Å². The third-order valence-electron chi connectivity index (χ3n) is 3.99. The molecule has 1 aliphatic heterocycles. The molecular formula is C17H24BrNO2. The molecule has 0 bridgehead atoms. The van der Waals surface area contributed by atoms with E-state index >= 15 is 0 Å². The molecule has 0 aromatic heterocycles. The van der Waals surface area contributed by atoms with Gasteiger partial charge in [0, 0.05) is 17.6 Å². The van der Waals surface area contributed by atoms with Gasteiger partial charge in [0.05, 0.1) is 0 Å². The maximum atomic E-state index is 12.5. The standard InChI is InChI=1S/C17H24BrNO2/c1-12-10-15(11-13(2)16(12)18)21-14(3)17(20)19-8-6-4-5-7-9-19/h10-11,14H,4-9H2,1-3H3. The third kappa shape index (κ3) is 4.22. The molecule has 21 heavy (non-hydrogen) atoms. The number of nitrogens with zero attached hydrogens (tertiary/aromatic N) is 1. The number of carbonyl (C=O) groups excluding carboxylic acids is 1. The van der Waals surface area contributed by atoms with E-state index in [0.29, 0.717) is 0 Å². The summed E-state index contributed by atoms with van der Waals surface area (Å²) < 4.78 is 6.97. The summed E-state index contributed by atoms with van der Waals surface area (Å²) in [6.07, 6.45) is 4.24. The zero-order chi connectivity index (χ0) is 15.4. The molecule has 1 aromatic rings. The summed E-state index contributed by atoms with van der Waals surface area (Å²) in [5.74, 6) is 0.874. The molecule has 1 aliphatic rings. The van der Waals surface area contributed by atoms with Gasteiger partial charge in [-0.15, -0.1) is 0 Å². The molecule has 1 amide bonds. The number of ether oxygens (including phenoxy) is 1. The predicted molar refractivity (Wildman–Crippen MR) is 88.8 cm³/mol. The van der Waals surface area contributed by atoms with Crippen molar-refractivity contribution in [2.45, 2.75) is 52.6 Å². The maximum Gasteiger partial charge on any atom is 0.263 e. The van der Waals surface area contributed by atoms with Crippen molar-refractivity contribution in [1.29, 1.82) is 0 Å². The Balaban J connectivity index is 2.03. The Morgan fingerprint density at radius 3 is 2.19 bits per heavy atom. The number of aryl methyl sites for hydroxylation is 2. The first-order valence-corrected chi connectivity index (χ1v) is 8.50. The van der Waals surface area contributed by atoms with Crippen LogP contribution in [0.2, 0.25) is 0 Å². The summed E-state index contributed by atoms with van der Waals surface area (Å²) in [4.78, 5) is 14.4. The van der Waals surface area contributed by atoms with E-state index in [9.17, 15) is 4.79 Å². The topological polar surface area (TPSA) is 29.5 Å². The number of rotatable bonds is 3. The first kappa shape index (κ1) is 16.3. The summed E-state index contributed by atoms with van der Waals surface area (Å²) >= 11 is 3.55. The van der Waals surface area contributed by atoms with Crippen LogP contribution < -0.4 is 4.74 Å². The Bertz CT molecular complexity index is 485. The van der Waals surface area contributed by atoms with Gasteiger partial charge >= 0.3 is 0 Å². The summed E-state index contributed by atoms with van der Waals surface area (Å²) in [5, 5.41) is 0. The van der Waals surface area contributed by atoms with Gasteiger partial charge in [0.2, 0.25) is 0 Å². The first-order chi connectivity index (χ1) is 9.99. The number of halogens is 1. The Labute approximate surface area is 135 Å². The van der Waals surface area contributed by atoms with E-state index in [1.165, 1.54) is 12.8 Å². The zero-order valence-electron chi connectivity index (χ0n) is 13.1. The van der Waals surface area contributed by atoms with E-state index in [2.05, 4.69) is 15.9 Å². The second-order valence-electron chi connectivity index (χ2n) is 5.87. The van der Waals surface area contributed by atoms with Crippen LogP contribution in [-0.2, 0) is 4.79 Å². The van der Waals surface area contributed by atoms with Crippen LogP contribution in [0.25, 0.3) is 0 Å². The van der Waals surface area contributed by atoms with Crippen molar-refractivity contribution in [3.05, 3.63) is 27.7 Å². The van der Waals surface area contributed by atoms with Crippen LogP contribution >= 0.6 is 15.9 Å². The summed E-state index contributed by atoms with van der Waals surface area (Å²) in [6.45, 7) is 7.65. The van der Waals surface area contributed by atoms with Crippen molar-refractivity contribution in [2.75, 3.05) is 13.1 Å². The van der Waals surface area contributed by atoms with Gasteiger partial charge in [-0.2, -0.15) is 0 Å². The quantitative estimate of drug-likeness (QED) is 0.813. The molecule has 0 saturated carbocycles. The second-order valence-corrected chi connectivity index (χ2v) is 6.66. The lowest BCUT2D eigenvalue weighted by atomic mass is 10.1. The molecule has 4 heteroatoms. The molecule has 2 rings (SSSR count). The molecule has 0 radical (unpaired) electrons. The van der Waals surface area contributed by atoms with Gasteiger partial charge in [0.15, 0.2) is 6.10 Å². The number of amides is 1. The molecular weight excluding hydrogens is 330 g/mol. The van der Waals surface area contributed by atoms with Crippen molar-refractivity contribution >= 4 is 21.8 Å². The Morgan fingerprint density at radius 2 is 1.67 bits per heavy atom. The molecule has 0 N–H and O–H groups in total. The Hall–Kier alpha value is -1.03. The minimum atomic E-state index is -0.428. The van der Waals surface area contributed by atoms with Gasteiger partial charge in [-0.05, 0) is 56.9 Å². The van der Waals surface area contributed by atoms with Gasteiger partial charge in [-0.25, -0.2) is 0 Å². The summed E-state index contributed by atoms with van der Waals surface area (Å²) in [6, 6.07) is 3.95. The van der Waals surface area contributed by atoms with E-state index in [4.69, 9.17) is 4.74 Å². The van der Waals surface area contributed by atoms with E-state index in [-0.39, 0.29) is 5.91 Å². The van der Waals surface area contributed by atoms with Crippen LogP contribution in [0, 0.1) is 13.8 Å². The van der Waals surface area contributed by atoms with Gasteiger partial charge < -0.3 is 9.64 Å². The first-order valence-electron chi connectivity index (χ1n) is 7.71. The highest BCUT2D eigenvalue weighted by Gasteiger charge is 2.23. The summed E-state index contributed by atoms with van der Waals surface area (Å²) in [7, 11) is 0. The molecule has 0 aliphatic carbocycles. The van der Waals surface area contributed by atoms with Crippen molar-refractivity contribution in [1.82, 2.24) is 4.90 Å². The molecule has 3 nitrogen and oxygen atoms in total. The van der Waals surface area contributed by atoms with Crippen molar-refractivity contribution in [2.24, 2.45) is 0 Å². The molecule has 1 aromatic carbocycles. The second kappa shape index (κ2) is 7.30. The highest BCUT2D eigenvalue weighted by molar-refractivity contribution is 9.10. The monoisotopic (exact) mass is 353 g/mol. The minimum Gasteiger partial charge on any atom is -0.481 e. The lowest BCUT2D eigenvalue weighted by Crippen LogP contribution is -2.41. The highest BCUT2D eigenvalue weighted by Crippen LogP contribution is 2.27. The molecule has 1 atom stereocenters. The van der Waals surface area contributed by atoms with E-state index in [0.717, 1.165) is 47.3 Å². The minimum absolute atomic E-state index is 0.107. The molecule has 0 spiro atoms. The SMILES string of the molecule is Cc1cc(OC(C)C(=O)N2CCCCCC2)cc(C)c1Br. The number of benzene rings is 1. The molecule has 1 heterocycles. The maximum absolute atomic E-state index is 12.5. The van der Waals surface area contributed by atoms with Crippen molar-refractivity contribution in [3.63, 3.8) is 0 Å². The van der Waals surface area contributed by atoms with E-state index < -0.39 is 6.10 Å². The highest BCUT2D eigenvalue weighted by atomic mass is 79.9. The van der Waals surface area contributed by atoms with Crippen molar-refractivity contribution < 1.29 is 9.53 Å². The van der Waals surface area contributed by atoms with Gasteiger partial charge in [-0.1, -0.05) is 28.8 Å². The number of likely N-dealkylation sites (tertiary alicyclic amines) is 1. The van der Waals surface area contributed by atoms with Gasteiger partial charge in [0.1, 0.15) is 5.75 Å². The Kier molecular flexibility index (Phi) is 5.68. The number of hydrogen-bond acceptors (Lipinski definition) is 2. The third-order valence-corrected chi connectivity index (χ3v) is 5.24. The molecule has 1 saturated heterocycles. The van der Waals surface area contributed by atoms with Crippen LogP contribution in [0.4, 0.5) is 0 Å². The average molecular weight is 354 g/mol. The fourth-order valence-corrected chi connectivity index (χ4v) is 3.01. The zero-order valence-corrected chi connectivity index (χ0v) is 14.7. The lowest BCUT2D eigenvalue weighted by molar-refractivity contribution is -0.137. The molecule has 1 unspecified atom stereocenters. The van der Waals surface area contributed by atoms with Crippen LogP contribution in [0.3, 0.4) is 0 Å². The number of carbonyl (C=O) groups is 1. The fraction of sp³-hybridized carbons (Fsp3) is 0.588.